The van der Waals surface area contributed by atoms with Crippen LogP contribution in [0.1, 0.15) is 20.7 Å². The average molecular weight is 357 g/mol. The molecule has 0 saturated carbocycles. The summed E-state index contributed by atoms with van der Waals surface area (Å²) in [4.78, 5) is 26.8. The van der Waals surface area contributed by atoms with Crippen molar-refractivity contribution in [2.75, 3.05) is 51.8 Å². The molecular weight excluding hydrogens is 334 g/mol. The quantitative estimate of drug-likeness (QED) is 0.459. The Labute approximate surface area is 151 Å². The first-order valence-electron chi connectivity index (χ1n) is 8.68. The molecule has 3 N–H and O–H groups in total. The molecule has 7 nitrogen and oxygen atoms in total. The molecule has 7 heteroatoms. The molecule has 26 heavy (non-hydrogen) atoms. The highest BCUT2D eigenvalue weighted by Crippen LogP contribution is 2.34. The summed E-state index contributed by atoms with van der Waals surface area (Å²) in [6, 6.07) is 9.15. The lowest BCUT2D eigenvalue weighted by atomic mass is 9.93. The van der Waals surface area contributed by atoms with E-state index in [0.29, 0.717) is 16.5 Å². The minimum absolute atomic E-state index is 0.0899. The number of carbonyl (C=O) groups is 2. The number of aliphatic hydroxyl groups excluding tert-OH is 1. The first-order valence-corrected chi connectivity index (χ1v) is 8.68. The number of likely N-dealkylation sites (N-methyl/N-ethyl adjacent to an activating group) is 1. The third kappa shape index (κ3) is 3.41. The number of nitrogens with one attached hydrogen (secondary N) is 2. The second kappa shape index (κ2) is 8.27. The van der Waals surface area contributed by atoms with Gasteiger partial charge in [-0.15, -0.1) is 0 Å². The molecule has 2 aromatic rings. The van der Waals surface area contributed by atoms with Gasteiger partial charge in [0.2, 0.25) is 0 Å². The Kier molecular flexibility index (Phi) is 5.82. The van der Waals surface area contributed by atoms with E-state index in [1.165, 1.54) is 4.90 Å². The van der Waals surface area contributed by atoms with Crippen molar-refractivity contribution in [2.24, 2.45) is 0 Å². The second-order valence-electron chi connectivity index (χ2n) is 6.02. The smallest absolute Gasteiger partial charge is 0.261 e. The van der Waals surface area contributed by atoms with E-state index in [1.54, 1.807) is 12.1 Å². The van der Waals surface area contributed by atoms with E-state index in [9.17, 15) is 9.59 Å². The number of hydrogen-bond donors (Lipinski definition) is 3. The van der Waals surface area contributed by atoms with E-state index in [2.05, 4.69) is 10.6 Å². The SMILES string of the molecule is CNCCNc1ccc2c3c(cccc13)C(=O)N(CCOCCO)C2=O. The van der Waals surface area contributed by atoms with E-state index in [4.69, 9.17) is 9.84 Å². The fourth-order valence-corrected chi connectivity index (χ4v) is 3.15. The van der Waals surface area contributed by atoms with Crippen molar-refractivity contribution in [3.8, 4) is 0 Å². The summed E-state index contributed by atoms with van der Waals surface area (Å²) in [6.45, 7) is 2.01. The maximum Gasteiger partial charge on any atom is 0.261 e. The number of nitrogens with zero attached hydrogens (tertiary/aromatic N) is 1. The summed E-state index contributed by atoms with van der Waals surface area (Å²) < 4.78 is 5.21. The van der Waals surface area contributed by atoms with Crippen LogP contribution in [0.3, 0.4) is 0 Å². The van der Waals surface area contributed by atoms with Crippen molar-refractivity contribution in [2.45, 2.75) is 0 Å². The molecule has 0 radical (unpaired) electrons. The van der Waals surface area contributed by atoms with Crippen LogP contribution < -0.4 is 10.6 Å². The van der Waals surface area contributed by atoms with Crippen molar-refractivity contribution in [1.82, 2.24) is 10.2 Å². The lowest BCUT2D eigenvalue weighted by Crippen LogP contribution is -2.42. The van der Waals surface area contributed by atoms with E-state index >= 15 is 0 Å². The number of rotatable bonds is 9. The molecule has 2 aromatic carbocycles. The molecule has 0 atom stereocenters. The Bertz CT molecular complexity index is 800. The van der Waals surface area contributed by atoms with Crippen LogP contribution in [0, 0.1) is 0 Å². The number of imide groups is 1. The fourth-order valence-electron chi connectivity index (χ4n) is 3.15. The van der Waals surface area contributed by atoms with Crippen LogP contribution in [0.25, 0.3) is 10.8 Å². The number of carbonyl (C=O) groups excluding carboxylic acids is 2. The fraction of sp³-hybridized carbons (Fsp3) is 0.368. The highest BCUT2D eigenvalue weighted by molar-refractivity contribution is 6.26. The van der Waals surface area contributed by atoms with Gasteiger partial charge in [-0.25, -0.2) is 0 Å². The van der Waals surface area contributed by atoms with E-state index in [1.807, 2.05) is 25.2 Å². The van der Waals surface area contributed by atoms with Crippen LogP contribution in [0.15, 0.2) is 30.3 Å². The van der Waals surface area contributed by atoms with Gasteiger partial charge in [0, 0.05) is 40.7 Å². The molecule has 1 aliphatic heterocycles. The van der Waals surface area contributed by atoms with Gasteiger partial charge in [0.15, 0.2) is 0 Å². The van der Waals surface area contributed by atoms with E-state index in [0.717, 1.165) is 24.2 Å². The predicted molar refractivity (Wildman–Crippen MR) is 99.6 cm³/mol. The number of hydrogen-bond acceptors (Lipinski definition) is 6. The van der Waals surface area contributed by atoms with Crippen molar-refractivity contribution in [3.05, 3.63) is 41.5 Å². The van der Waals surface area contributed by atoms with Crippen LogP contribution >= 0.6 is 0 Å². The number of aliphatic hydroxyl groups is 1. The summed E-state index contributed by atoms with van der Waals surface area (Å²) in [6.07, 6.45) is 0. The van der Waals surface area contributed by atoms with E-state index < -0.39 is 0 Å². The summed E-state index contributed by atoms with van der Waals surface area (Å²) in [5.41, 5.74) is 1.95. The molecule has 0 bridgehead atoms. The summed E-state index contributed by atoms with van der Waals surface area (Å²) in [7, 11) is 1.88. The first-order chi connectivity index (χ1) is 12.7. The van der Waals surface area contributed by atoms with Crippen LogP contribution in [-0.4, -0.2) is 68.3 Å². The minimum atomic E-state index is -0.312. The van der Waals surface area contributed by atoms with Crippen LogP contribution in [-0.2, 0) is 4.74 Å². The first kappa shape index (κ1) is 18.3. The van der Waals surface area contributed by atoms with Gasteiger partial charge in [-0.1, -0.05) is 12.1 Å². The molecule has 3 rings (SSSR count). The topological polar surface area (TPSA) is 90.9 Å². The summed E-state index contributed by atoms with van der Waals surface area (Å²) >= 11 is 0. The van der Waals surface area contributed by atoms with Gasteiger partial charge in [0.1, 0.15) is 0 Å². The van der Waals surface area contributed by atoms with Crippen molar-refractivity contribution in [1.29, 1.82) is 0 Å². The van der Waals surface area contributed by atoms with Gasteiger partial charge in [0.05, 0.1) is 26.4 Å². The zero-order valence-corrected chi connectivity index (χ0v) is 14.7. The molecule has 0 saturated heterocycles. The Morgan fingerprint density at radius 2 is 1.81 bits per heavy atom. The number of amides is 2. The Balaban J connectivity index is 1.93. The zero-order chi connectivity index (χ0) is 18.5. The van der Waals surface area contributed by atoms with Crippen LogP contribution in [0.2, 0.25) is 0 Å². The summed E-state index contributed by atoms with van der Waals surface area (Å²) in [5.74, 6) is -0.624. The van der Waals surface area contributed by atoms with Gasteiger partial charge in [-0.3, -0.25) is 14.5 Å². The van der Waals surface area contributed by atoms with Crippen LogP contribution in [0.4, 0.5) is 5.69 Å². The van der Waals surface area contributed by atoms with Crippen molar-refractivity contribution < 1.29 is 19.4 Å². The monoisotopic (exact) mass is 357 g/mol. The largest absolute Gasteiger partial charge is 0.394 e. The Morgan fingerprint density at radius 3 is 2.54 bits per heavy atom. The molecule has 2 amide bonds. The Hall–Kier alpha value is -2.48. The third-order valence-corrected chi connectivity index (χ3v) is 4.38. The zero-order valence-electron chi connectivity index (χ0n) is 14.7. The molecule has 1 heterocycles. The molecule has 0 aliphatic carbocycles. The number of ether oxygens (including phenoxy) is 1. The highest BCUT2D eigenvalue weighted by atomic mass is 16.5. The van der Waals surface area contributed by atoms with Gasteiger partial charge in [0.25, 0.3) is 11.8 Å². The molecular formula is C19H23N3O4. The van der Waals surface area contributed by atoms with Crippen LogP contribution in [0.5, 0.6) is 0 Å². The third-order valence-electron chi connectivity index (χ3n) is 4.38. The molecule has 138 valence electrons. The van der Waals surface area contributed by atoms with Gasteiger partial charge in [-0.2, -0.15) is 0 Å². The Morgan fingerprint density at radius 1 is 1.04 bits per heavy atom. The number of anilines is 1. The van der Waals surface area contributed by atoms with E-state index in [-0.39, 0.29) is 38.2 Å². The van der Waals surface area contributed by atoms with Gasteiger partial charge in [-0.05, 0) is 25.2 Å². The average Bonchev–Trinajstić information content (AvgIpc) is 2.66. The molecule has 0 fully saturated rings. The second-order valence-corrected chi connectivity index (χ2v) is 6.02. The van der Waals surface area contributed by atoms with Crippen molar-refractivity contribution >= 4 is 28.3 Å². The molecule has 1 aliphatic rings. The summed E-state index contributed by atoms with van der Waals surface area (Å²) in [5, 5.41) is 16.7. The normalized spacial score (nSPS) is 13.5. The number of benzene rings is 2. The van der Waals surface area contributed by atoms with Gasteiger partial charge >= 0.3 is 0 Å². The lowest BCUT2D eigenvalue weighted by Gasteiger charge is -2.27. The standard InChI is InChI=1S/C19H23N3O4/c1-20-7-8-21-16-6-5-15-17-13(16)3-2-4-14(17)18(24)22(19(15)25)9-11-26-12-10-23/h2-6,20-21,23H,7-12H2,1H3. The van der Waals surface area contributed by atoms with Crippen molar-refractivity contribution in [3.63, 3.8) is 0 Å². The predicted octanol–water partition coefficient (Wildman–Crippen LogP) is 1.08. The lowest BCUT2D eigenvalue weighted by molar-refractivity contribution is 0.0478. The maximum atomic E-state index is 12.8. The minimum Gasteiger partial charge on any atom is -0.394 e. The molecule has 0 spiro atoms. The maximum absolute atomic E-state index is 12.8. The molecule has 0 unspecified atom stereocenters. The molecule has 0 aromatic heterocycles. The van der Waals surface area contributed by atoms with Gasteiger partial charge < -0.3 is 20.5 Å². The highest BCUT2D eigenvalue weighted by Gasteiger charge is 2.32.